The van der Waals surface area contributed by atoms with Crippen molar-refractivity contribution < 1.29 is 0 Å². The molecule has 0 spiro atoms. The second kappa shape index (κ2) is 4.58. The molecule has 2 rings (SSSR count). The van der Waals surface area contributed by atoms with E-state index in [9.17, 15) is 4.79 Å². The van der Waals surface area contributed by atoms with E-state index < -0.39 is 5.56 Å². The predicted octanol–water partition coefficient (Wildman–Crippen LogP) is 0.578. The van der Waals surface area contributed by atoms with E-state index in [1.165, 1.54) is 6.21 Å². The first-order valence-corrected chi connectivity index (χ1v) is 4.80. The van der Waals surface area contributed by atoms with E-state index in [2.05, 4.69) is 20.3 Å². The zero-order valence-corrected chi connectivity index (χ0v) is 8.89. The highest BCUT2D eigenvalue weighted by atomic mass is 32.1. The number of nitrogens with zero attached hydrogens (tertiary/aromatic N) is 4. The molecule has 80 valence electrons. The van der Waals surface area contributed by atoms with Crippen molar-refractivity contribution in [3.63, 3.8) is 0 Å². The summed E-state index contributed by atoms with van der Waals surface area (Å²) in [5.41, 5.74) is 0.247. The maximum absolute atomic E-state index is 11.3. The molecule has 6 nitrogen and oxygen atoms in total. The molecule has 7 heteroatoms. The minimum absolute atomic E-state index is 0.139. The Hall–Kier alpha value is -2.15. The molecule has 0 amide bonds. The zero-order chi connectivity index (χ0) is 11.4. The van der Waals surface area contributed by atoms with Gasteiger partial charge in [-0.3, -0.25) is 14.9 Å². The highest BCUT2D eigenvalue weighted by molar-refractivity contribution is 7.71. The molecule has 0 atom stereocenters. The Balaban J connectivity index is 2.39. The van der Waals surface area contributed by atoms with Crippen LogP contribution >= 0.6 is 12.2 Å². The lowest BCUT2D eigenvalue weighted by molar-refractivity contribution is 0.738. The molecule has 0 unspecified atom stereocenters. The van der Waals surface area contributed by atoms with Gasteiger partial charge in [0.1, 0.15) is 6.20 Å². The molecule has 0 saturated heterocycles. The van der Waals surface area contributed by atoms with Crippen molar-refractivity contribution in [3.8, 4) is 0 Å². The van der Waals surface area contributed by atoms with Crippen molar-refractivity contribution in [1.82, 2.24) is 19.9 Å². The maximum Gasteiger partial charge on any atom is 0.293 e. The summed E-state index contributed by atoms with van der Waals surface area (Å²) in [5, 5.41) is 9.93. The molecule has 0 aliphatic heterocycles. The van der Waals surface area contributed by atoms with Crippen LogP contribution in [0.3, 0.4) is 0 Å². The summed E-state index contributed by atoms with van der Waals surface area (Å²) in [6, 6.07) is 5.38. The molecular weight excluding hydrogens is 226 g/mol. The van der Waals surface area contributed by atoms with E-state index in [1.807, 2.05) is 6.07 Å². The average Bonchev–Trinajstić information content (AvgIpc) is 2.30. The summed E-state index contributed by atoms with van der Waals surface area (Å²) in [6.45, 7) is 0. The highest BCUT2D eigenvalue weighted by Crippen LogP contribution is 1.89. The number of hydrogen-bond donors (Lipinski definition) is 1. The van der Waals surface area contributed by atoms with Crippen molar-refractivity contribution in [1.29, 1.82) is 0 Å². The number of rotatable bonds is 2. The van der Waals surface area contributed by atoms with Gasteiger partial charge in [0.05, 0.1) is 11.9 Å². The number of aromatic amines is 1. The van der Waals surface area contributed by atoms with Gasteiger partial charge in [0.15, 0.2) is 0 Å². The lowest BCUT2D eigenvalue weighted by atomic mass is 10.4. The van der Waals surface area contributed by atoms with E-state index in [4.69, 9.17) is 12.2 Å². The van der Waals surface area contributed by atoms with Gasteiger partial charge in [-0.15, -0.1) is 0 Å². The van der Waals surface area contributed by atoms with Gasteiger partial charge in [0, 0.05) is 6.20 Å². The molecule has 0 radical (unpaired) electrons. The van der Waals surface area contributed by atoms with Gasteiger partial charge in [-0.05, 0) is 24.4 Å². The van der Waals surface area contributed by atoms with Gasteiger partial charge >= 0.3 is 0 Å². The van der Waals surface area contributed by atoms with Crippen LogP contribution in [0.15, 0.2) is 40.5 Å². The molecule has 2 aromatic rings. The third-order valence-electron chi connectivity index (χ3n) is 1.73. The van der Waals surface area contributed by atoms with Crippen molar-refractivity contribution in [2.45, 2.75) is 0 Å². The Morgan fingerprint density at radius 2 is 2.38 bits per heavy atom. The largest absolute Gasteiger partial charge is 0.293 e. The molecule has 1 N–H and O–H groups in total. The average molecular weight is 233 g/mol. The molecule has 0 bridgehead atoms. The molecular formula is C9H7N5OS. The molecule has 16 heavy (non-hydrogen) atoms. The topological polar surface area (TPSA) is 75.9 Å². The van der Waals surface area contributed by atoms with Crippen LogP contribution in [0.2, 0.25) is 0 Å². The molecule has 2 heterocycles. The fourth-order valence-electron chi connectivity index (χ4n) is 1.02. The third-order valence-corrected chi connectivity index (χ3v) is 1.99. The summed E-state index contributed by atoms with van der Waals surface area (Å²) in [4.78, 5) is 15.4. The van der Waals surface area contributed by atoms with E-state index in [-0.39, 0.29) is 4.77 Å². The van der Waals surface area contributed by atoms with Crippen molar-refractivity contribution in [3.05, 3.63) is 51.4 Å². The van der Waals surface area contributed by atoms with Crippen molar-refractivity contribution in [2.75, 3.05) is 0 Å². The number of H-pyrrole nitrogens is 1. The maximum atomic E-state index is 11.3. The summed E-state index contributed by atoms with van der Waals surface area (Å²) in [5.74, 6) is 0. The van der Waals surface area contributed by atoms with E-state index in [0.29, 0.717) is 5.69 Å². The molecule has 0 aliphatic carbocycles. The van der Waals surface area contributed by atoms with Gasteiger partial charge in [-0.1, -0.05) is 6.07 Å². The quantitative estimate of drug-likeness (QED) is 0.608. The second-order valence-electron chi connectivity index (χ2n) is 2.82. The third kappa shape index (κ3) is 2.26. The molecule has 0 saturated carbocycles. The summed E-state index contributed by atoms with van der Waals surface area (Å²) < 4.78 is 1.18. The summed E-state index contributed by atoms with van der Waals surface area (Å²) in [6.07, 6.45) is 4.19. The Bertz CT molecular complexity index is 587. The minimum Gasteiger partial charge on any atom is -0.265 e. The Kier molecular flexibility index (Phi) is 2.97. The van der Waals surface area contributed by atoms with Gasteiger partial charge in [0.2, 0.25) is 4.77 Å². The summed E-state index contributed by atoms with van der Waals surface area (Å²) >= 11 is 4.87. The number of aromatic nitrogens is 4. The van der Waals surface area contributed by atoms with Crippen LogP contribution in [-0.2, 0) is 0 Å². The van der Waals surface area contributed by atoms with Gasteiger partial charge in [-0.25, -0.2) is 0 Å². The number of hydrogen-bond acceptors (Lipinski definition) is 5. The first kappa shape index (κ1) is 10.4. The SMILES string of the molecule is O=c1cn[nH]c(=S)n1/N=C/c1ccccn1. The normalized spacial score (nSPS) is 10.8. The van der Waals surface area contributed by atoms with Gasteiger partial charge < -0.3 is 0 Å². The van der Waals surface area contributed by atoms with E-state index in [0.717, 1.165) is 10.9 Å². The fourth-order valence-corrected chi connectivity index (χ4v) is 1.21. The molecule has 0 aliphatic rings. The summed E-state index contributed by atoms with van der Waals surface area (Å²) in [7, 11) is 0. The van der Waals surface area contributed by atoms with Crippen molar-refractivity contribution >= 4 is 18.4 Å². The lowest BCUT2D eigenvalue weighted by Gasteiger charge is -1.95. The Labute approximate surface area is 95.3 Å². The van der Waals surface area contributed by atoms with E-state index in [1.54, 1.807) is 18.3 Å². The van der Waals surface area contributed by atoms with Crippen LogP contribution in [0.1, 0.15) is 5.69 Å². The van der Waals surface area contributed by atoms with E-state index >= 15 is 0 Å². The van der Waals surface area contributed by atoms with Crippen LogP contribution < -0.4 is 5.56 Å². The number of nitrogens with one attached hydrogen (secondary N) is 1. The van der Waals surface area contributed by atoms with Crippen molar-refractivity contribution in [2.24, 2.45) is 5.10 Å². The van der Waals surface area contributed by atoms with Crippen LogP contribution in [0.25, 0.3) is 0 Å². The molecule has 2 aromatic heterocycles. The van der Waals surface area contributed by atoms with Crippen LogP contribution in [0, 0.1) is 4.77 Å². The van der Waals surface area contributed by atoms with Crippen LogP contribution in [0.5, 0.6) is 0 Å². The fraction of sp³-hybridized carbons (Fsp3) is 0. The first-order chi connectivity index (χ1) is 7.77. The Morgan fingerprint density at radius 3 is 3.06 bits per heavy atom. The van der Waals surface area contributed by atoms with Crippen LogP contribution in [0.4, 0.5) is 0 Å². The molecule has 0 aromatic carbocycles. The number of pyridine rings is 1. The lowest BCUT2D eigenvalue weighted by Crippen LogP contribution is -2.18. The van der Waals surface area contributed by atoms with Gasteiger partial charge in [-0.2, -0.15) is 14.9 Å². The highest BCUT2D eigenvalue weighted by Gasteiger charge is 1.94. The Morgan fingerprint density at radius 1 is 1.50 bits per heavy atom. The second-order valence-corrected chi connectivity index (χ2v) is 3.21. The predicted molar refractivity (Wildman–Crippen MR) is 60.9 cm³/mol. The smallest absolute Gasteiger partial charge is 0.265 e. The minimum atomic E-state index is -0.393. The standard InChI is InChI=1S/C9H7N5OS/c15-8-6-11-13-9(16)14(8)12-5-7-3-1-2-4-10-7/h1-6H,(H,13,16)/b12-5+. The van der Waals surface area contributed by atoms with Gasteiger partial charge in [0.25, 0.3) is 5.56 Å². The first-order valence-electron chi connectivity index (χ1n) is 4.39. The molecule has 0 fully saturated rings. The monoisotopic (exact) mass is 233 g/mol. The zero-order valence-electron chi connectivity index (χ0n) is 8.07. The van der Waals surface area contributed by atoms with Crippen LogP contribution in [-0.4, -0.2) is 26.1 Å².